The van der Waals surface area contributed by atoms with Crippen LogP contribution in [0.25, 0.3) is 0 Å². The van der Waals surface area contributed by atoms with Gasteiger partial charge >= 0.3 is 11.7 Å². The molecule has 0 saturated heterocycles. The summed E-state index contributed by atoms with van der Waals surface area (Å²) >= 11 is 0.665. The Labute approximate surface area is 120 Å². The first kappa shape index (κ1) is 14.7. The number of nitro benzene ring substituents is 2. The van der Waals surface area contributed by atoms with Crippen molar-refractivity contribution in [1.29, 1.82) is 0 Å². The summed E-state index contributed by atoms with van der Waals surface area (Å²) in [6, 6.07) is 1.81. The van der Waals surface area contributed by atoms with Crippen molar-refractivity contribution in [1.82, 2.24) is 0 Å². The molecule has 0 bridgehead atoms. The number of thioether (sulfide) groups is 1. The van der Waals surface area contributed by atoms with Crippen LogP contribution in [0.3, 0.4) is 0 Å². The number of carbonyl (C=O) groups is 2. The van der Waals surface area contributed by atoms with Gasteiger partial charge < -0.3 is 10.1 Å². The van der Waals surface area contributed by atoms with E-state index in [9.17, 15) is 29.8 Å². The van der Waals surface area contributed by atoms with Gasteiger partial charge in [-0.1, -0.05) is 11.8 Å². The fourth-order valence-electron chi connectivity index (χ4n) is 1.69. The number of nitrogens with one attached hydrogen (secondary N) is 1. The van der Waals surface area contributed by atoms with Gasteiger partial charge in [0.25, 0.3) is 5.69 Å². The Morgan fingerprint density at radius 3 is 2.52 bits per heavy atom. The van der Waals surface area contributed by atoms with Crippen LogP contribution in [0, 0.1) is 20.2 Å². The van der Waals surface area contributed by atoms with Crippen molar-refractivity contribution in [2.75, 3.05) is 12.4 Å². The van der Waals surface area contributed by atoms with E-state index >= 15 is 0 Å². The third-order valence-electron chi connectivity index (χ3n) is 2.62. The Balaban J connectivity index is 2.56. The van der Waals surface area contributed by atoms with Gasteiger partial charge in [0.2, 0.25) is 5.91 Å². The van der Waals surface area contributed by atoms with Gasteiger partial charge in [0.15, 0.2) is 5.25 Å². The largest absolute Gasteiger partial charge is 0.468 e. The van der Waals surface area contributed by atoms with Gasteiger partial charge in [0.1, 0.15) is 5.69 Å². The van der Waals surface area contributed by atoms with Crippen molar-refractivity contribution in [2.45, 2.75) is 10.1 Å². The normalized spacial score (nSPS) is 16.6. The highest BCUT2D eigenvalue weighted by Gasteiger charge is 2.38. The number of hydrogen-bond donors (Lipinski definition) is 1. The number of nitrogens with zero attached hydrogens (tertiary/aromatic N) is 2. The molecule has 1 aromatic rings. The van der Waals surface area contributed by atoms with Gasteiger partial charge in [-0.2, -0.15) is 0 Å². The third kappa shape index (κ3) is 2.63. The summed E-state index contributed by atoms with van der Waals surface area (Å²) in [5.41, 5.74) is -1.28. The molecule has 0 spiro atoms. The Morgan fingerprint density at radius 1 is 1.33 bits per heavy atom. The summed E-state index contributed by atoms with van der Waals surface area (Å²) in [4.78, 5) is 43.4. The van der Waals surface area contributed by atoms with Crippen molar-refractivity contribution in [3.8, 4) is 0 Å². The summed E-state index contributed by atoms with van der Waals surface area (Å²) < 4.78 is 4.44. The molecule has 0 aromatic heterocycles. The van der Waals surface area contributed by atoms with Gasteiger partial charge in [-0.15, -0.1) is 0 Å². The molecular weight excluding hydrogens is 306 g/mol. The standard InChI is InChI=1S/C10H7N3O7S/c1-20-10(15)8-9(14)11-7-5(13(18)19)2-4(12(16)17)3-6(7)21-8/h2-3,8H,1H3,(H,11,14). The van der Waals surface area contributed by atoms with Gasteiger partial charge in [0.05, 0.1) is 23.0 Å². The van der Waals surface area contributed by atoms with Crippen LogP contribution in [0.4, 0.5) is 17.1 Å². The number of non-ortho nitro benzene ring substituents is 1. The van der Waals surface area contributed by atoms with Gasteiger partial charge in [0, 0.05) is 11.0 Å². The summed E-state index contributed by atoms with van der Waals surface area (Å²) in [6.07, 6.45) is 0. The zero-order valence-electron chi connectivity index (χ0n) is 10.4. The van der Waals surface area contributed by atoms with Crippen molar-refractivity contribution in [3.63, 3.8) is 0 Å². The molecule has 21 heavy (non-hydrogen) atoms. The molecule has 0 saturated carbocycles. The Bertz CT molecular complexity index is 675. The predicted octanol–water partition coefficient (Wildman–Crippen LogP) is 1.09. The monoisotopic (exact) mass is 313 g/mol. The number of rotatable bonds is 3. The predicted molar refractivity (Wildman–Crippen MR) is 70.0 cm³/mol. The van der Waals surface area contributed by atoms with Crippen LogP contribution in [0.15, 0.2) is 17.0 Å². The zero-order chi connectivity index (χ0) is 15.7. The number of methoxy groups -OCH3 is 1. The molecule has 1 aromatic carbocycles. The molecule has 0 radical (unpaired) electrons. The number of benzene rings is 1. The molecule has 1 heterocycles. The van der Waals surface area contributed by atoms with E-state index in [1.165, 1.54) is 0 Å². The van der Waals surface area contributed by atoms with Crippen LogP contribution in [0.5, 0.6) is 0 Å². The molecule has 1 aliphatic rings. The molecule has 110 valence electrons. The zero-order valence-corrected chi connectivity index (χ0v) is 11.2. The number of ether oxygens (including phenoxy) is 1. The molecule has 1 N–H and O–H groups in total. The maximum absolute atomic E-state index is 11.8. The van der Waals surface area contributed by atoms with Gasteiger partial charge in [-0.05, 0) is 0 Å². The first-order valence-corrected chi connectivity index (χ1v) is 6.25. The van der Waals surface area contributed by atoms with E-state index in [0.717, 1.165) is 19.2 Å². The lowest BCUT2D eigenvalue weighted by Gasteiger charge is -2.21. The van der Waals surface area contributed by atoms with E-state index in [0.29, 0.717) is 11.8 Å². The molecule has 1 aliphatic heterocycles. The Kier molecular flexibility index (Phi) is 3.76. The fraction of sp³-hybridized carbons (Fsp3) is 0.200. The number of carbonyl (C=O) groups excluding carboxylic acids is 2. The molecule has 2 rings (SSSR count). The minimum absolute atomic E-state index is 0.0610. The Morgan fingerprint density at radius 2 is 2.00 bits per heavy atom. The molecule has 1 unspecified atom stereocenters. The minimum atomic E-state index is -1.27. The third-order valence-corrected chi connectivity index (χ3v) is 3.84. The van der Waals surface area contributed by atoms with Gasteiger partial charge in [-0.3, -0.25) is 29.8 Å². The van der Waals surface area contributed by atoms with Crippen LogP contribution in [0.2, 0.25) is 0 Å². The lowest BCUT2D eigenvalue weighted by Crippen LogP contribution is -2.36. The van der Waals surface area contributed by atoms with E-state index in [1.54, 1.807) is 0 Å². The quantitative estimate of drug-likeness (QED) is 0.378. The van der Waals surface area contributed by atoms with Crippen LogP contribution >= 0.6 is 11.8 Å². The summed E-state index contributed by atoms with van der Waals surface area (Å²) in [6.45, 7) is 0. The summed E-state index contributed by atoms with van der Waals surface area (Å²) in [7, 11) is 1.08. The van der Waals surface area contributed by atoms with Crippen molar-refractivity contribution < 1.29 is 24.2 Å². The number of nitro groups is 2. The minimum Gasteiger partial charge on any atom is -0.468 e. The van der Waals surface area contributed by atoms with E-state index in [2.05, 4.69) is 10.1 Å². The summed E-state index contributed by atoms with van der Waals surface area (Å²) in [5, 5.41) is 22.7. The smallest absolute Gasteiger partial charge is 0.328 e. The summed E-state index contributed by atoms with van der Waals surface area (Å²) in [5.74, 6) is -1.63. The van der Waals surface area contributed by atoms with Gasteiger partial charge in [-0.25, -0.2) is 0 Å². The van der Waals surface area contributed by atoms with E-state index in [-0.39, 0.29) is 10.6 Å². The average molecular weight is 313 g/mol. The van der Waals surface area contributed by atoms with Crippen LogP contribution in [-0.2, 0) is 14.3 Å². The molecule has 0 aliphatic carbocycles. The maximum atomic E-state index is 11.8. The average Bonchev–Trinajstić information content (AvgIpc) is 2.44. The van der Waals surface area contributed by atoms with E-state index in [4.69, 9.17) is 0 Å². The SMILES string of the molecule is COC(=O)C1Sc2cc([N+](=O)[O-])cc([N+](=O)[O-])c2NC1=O. The first-order valence-electron chi connectivity index (χ1n) is 5.37. The maximum Gasteiger partial charge on any atom is 0.328 e. The van der Waals surface area contributed by atoms with Crippen LogP contribution < -0.4 is 5.32 Å². The number of amides is 1. The second-order valence-corrected chi connectivity index (χ2v) is 5.01. The highest BCUT2D eigenvalue weighted by Crippen LogP contribution is 2.43. The topological polar surface area (TPSA) is 142 Å². The second kappa shape index (κ2) is 5.36. The molecule has 10 nitrogen and oxygen atoms in total. The first-order chi connectivity index (χ1) is 9.85. The van der Waals surface area contributed by atoms with Crippen LogP contribution in [-0.4, -0.2) is 34.1 Å². The number of anilines is 1. The van der Waals surface area contributed by atoms with E-state index in [1.807, 2.05) is 0 Å². The molecule has 11 heteroatoms. The number of hydrogen-bond acceptors (Lipinski definition) is 8. The lowest BCUT2D eigenvalue weighted by molar-refractivity contribution is -0.393. The second-order valence-electron chi connectivity index (χ2n) is 3.86. The van der Waals surface area contributed by atoms with Crippen molar-refractivity contribution in [2.24, 2.45) is 0 Å². The highest BCUT2D eigenvalue weighted by molar-refractivity contribution is 8.01. The number of esters is 1. The molecule has 1 amide bonds. The molecule has 1 atom stereocenters. The van der Waals surface area contributed by atoms with Crippen molar-refractivity contribution in [3.05, 3.63) is 32.4 Å². The fourth-order valence-corrected chi connectivity index (χ4v) is 2.76. The lowest BCUT2D eigenvalue weighted by atomic mass is 10.2. The van der Waals surface area contributed by atoms with Crippen molar-refractivity contribution >= 4 is 40.7 Å². The highest BCUT2D eigenvalue weighted by atomic mass is 32.2. The Hall–Kier alpha value is -2.69. The molecular formula is C10H7N3O7S. The van der Waals surface area contributed by atoms with E-state index < -0.39 is 38.3 Å². The van der Waals surface area contributed by atoms with Crippen LogP contribution in [0.1, 0.15) is 0 Å². The molecule has 0 fully saturated rings. The number of fused-ring (bicyclic) bond motifs is 1.